The van der Waals surface area contributed by atoms with Gasteiger partial charge in [0.15, 0.2) is 5.82 Å². The molecule has 1 heterocycles. The van der Waals surface area contributed by atoms with Gasteiger partial charge in [-0.05, 0) is 18.2 Å². The van der Waals surface area contributed by atoms with E-state index in [0.717, 1.165) is 0 Å². The third kappa shape index (κ3) is 3.11. The van der Waals surface area contributed by atoms with Gasteiger partial charge in [-0.15, -0.1) is 10.2 Å². The highest BCUT2D eigenvalue weighted by atomic mass is 19.1. The summed E-state index contributed by atoms with van der Waals surface area (Å²) in [5.74, 6) is -0.710. The maximum absolute atomic E-state index is 13.7. The van der Waals surface area contributed by atoms with E-state index >= 15 is 0 Å². The molecular formula is C13H16FN5O. The van der Waals surface area contributed by atoms with Gasteiger partial charge in [-0.1, -0.05) is 0 Å². The minimum Gasteiger partial charge on any atom is -0.340 e. The van der Waals surface area contributed by atoms with Crippen LogP contribution in [0.15, 0.2) is 40.8 Å². The Bertz CT molecular complexity index is 560. The molecule has 0 aromatic heterocycles. The van der Waals surface area contributed by atoms with E-state index in [1.54, 1.807) is 0 Å². The van der Waals surface area contributed by atoms with Gasteiger partial charge >= 0.3 is 0 Å². The Morgan fingerprint density at radius 1 is 1.30 bits per heavy atom. The van der Waals surface area contributed by atoms with Crippen LogP contribution in [0.25, 0.3) is 0 Å². The fourth-order valence-corrected chi connectivity index (χ4v) is 1.80. The molecule has 1 amide bonds. The molecule has 0 bridgehead atoms. The first-order valence-corrected chi connectivity index (χ1v) is 6.07. The summed E-state index contributed by atoms with van der Waals surface area (Å²) in [6.45, 7) is 1.39. The summed E-state index contributed by atoms with van der Waals surface area (Å²) in [6.07, 6.45) is 3.42. The number of carbonyl (C=O) groups excluding carboxylic acids is 1. The Morgan fingerprint density at radius 3 is 2.55 bits per heavy atom. The van der Waals surface area contributed by atoms with E-state index in [1.807, 2.05) is 36.3 Å². The van der Waals surface area contributed by atoms with Gasteiger partial charge in [-0.3, -0.25) is 4.79 Å². The number of azo groups is 1. The highest BCUT2D eigenvalue weighted by Crippen LogP contribution is 2.24. The Balaban J connectivity index is 2.18. The van der Waals surface area contributed by atoms with Crippen LogP contribution in [0.5, 0.6) is 0 Å². The number of rotatable bonds is 3. The third-order valence-electron chi connectivity index (χ3n) is 2.80. The largest absolute Gasteiger partial charge is 0.340 e. The van der Waals surface area contributed by atoms with Crippen molar-refractivity contribution in [1.29, 1.82) is 0 Å². The van der Waals surface area contributed by atoms with Gasteiger partial charge in [-0.2, -0.15) is 0 Å². The van der Waals surface area contributed by atoms with Gasteiger partial charge in [0, 0.05) is 39.1 Å². The van der Waals surface area contributed by atoms with Crippen LogP contribution in [0.4, 0.5) is 15.8 Å². The standard InChI is InChI=1S/C13H16FN5O/c1-9(20)15-10-4-5-11(14)12(8-10)16-17-13-18(2)6-7-19(13)3/h4-8,13H,1-3H3,(H,15,20)/b17-16+. The molecule has 1 N–H and O–H groups in total. The summed E-state index contributed by atoms with van der Waals surface area (Å²) < 4.78 is 13.7. The summed E-state index contributed by atoms with van der Waals surface area (Å²) in [6, 6.07) is 4.17. The van der Waals surface area contributed by atoms with Crippen LogP contribution in [0, 0.1) is 5.82 Å². The molecule has 106 valence electrons. The molecule has 1 aromatic carbocycles. The zero-order valence-corrected chi connectivity index (χ0v) is 11.5. The second-order valence-electron chi connectivity index (χ2n) is 4.54. The molecule has 0 spiro atoms. The lowest BCUT2D eigenvalue weighted by atomic mass is 10.2. The minimum absolute atomic E-state index is 0.0879. The Kier molecular flexibility index (Phi) is 3.97. The van der Waals surface area contributed by atoms with Gasteiger partial charge in [-0.25, -0.2) is 4.39 Å². The average Bonchev–Trinajstić information content (AvgIpc) is 2.69. The van der Waals surface area contributed by atoms with E-state index in [1.165, 1.54) is 25.1 Å². The molecule has 7 heteroatoms. The smallest absolute Gasteiger partial charge is 0.221 e. The van der Waals surface area contributed by atoms with Crippen molar-refractivity contribution in [3.63, 3.8) is 0 Å². The van der Waals surface area contributed by atoms with Crippen molar-refractivity contribution >= 4 is 17.3 Å². The molecule has 0 radical (unpaired) electrons. The van der Waals surface area contributed by atoms with Crippen LogP contribution >= 0.6 is 0 Å². The van der Waals surface area contributed by atoms with Crippen LogP contribution < -0.4 is 5.32 Å². The normalized spacial score (nSPS) is 15.4. The van der Waals surface area contributed by atoms with E-state index in [0.29, 0.717) is 5.69 Å². The molecule has 0 saturated heterocycles. The molecule has 0 atom stereocenters. The summed E-state index contributed by atoms with van der Waals surface area (Å²) in [4.78, 5) is 14.7. The second-order valence-corrected chi connectivity index (χ2v) is 4.54. The van der Waals surface area contributed by atoms with Crippen molar-refractivity contribution in [2.24, 2.45) is 10.2 Å². The molecule has 1 aliphatic heterocycles. The highest BCUT2D eigenvalue weighted by molar-refractivity contribution is 5.89. The van der Waals surface area contributed by atoms with Crippen molar-refractivity contribution in [3.8, 4) is 0 Å². The van der Waals surface area contributed by atoms with E-state index in [-0.39, 0.29) is 17.9 Å². The van der Waals surface area contributed by atoms with E-state index in [2.05, 4.69) is 15.5 Å². The van der Waals surface area contributed by atoms with Crippen LogP contribution in [0.2, 0.25) is 0 Å². The molecule has 2 rings (SSSR count). The average molecular weight is 277 g/mol. The zero-order chi connectivity index (χ0) is 14.7. The summed E-state index contributed by atoms with van der Waals surface area (Å²) in [7, 11) is 3.71. The number of halogens is 1. The number of nitrogens with zero attached hydrogens (tertiary/aromatic N) is 4. The molecule has 1 aliphatic rings. The number of hydrogen-bond donors (Lipinski definition) is 1. The predicted octanol–water partition coefficient (Wildman–Crippen LogP) is 2.50. The van der Waals surface area contributed by atoms with Crippen molar-refractivity contribution in [1.82, 2.24) is 9.80 Å². The van der Waals surface area contributed by atoms with Gasteiger partial charge < -0.3 is 15.1 Å². The zero-order valence-electron chi connectivity index (χ0n) is 11.5. The first-order chi connectivity index (χ1) is 9.47. The van der Waals surface area contributed by atoms with Crippen molar-refractivity contribution in [2.75, 3.05) is 19.4 Å². The summed E-state index contributed by atoms with van der Waals surface area (Å²) >= 11 is 0. The lowest BCUT2D eigenvalue weighted by Gasteiger charge is -2.21. The first kappa shape index (κ1) is 14.0. The lowest BCUT2D eigenvalue weighted by Crippen LogP contribution is -2.31. The fraction of sp³-hybridized carbons (Fsp3) is 0.308. The SMILES string of the molecule is CC(=O)Nc1ccc(F)c(/N=N/C2N(C)C=CN2C)c1. The minimum atomic E-state index is -0.487. The highest BCUT2D eigenvalue weighted by Gasteiger charge is 2.19. The maximum Gasteiger partial charge on any atom is 0.221 e. The van der Waals surface area contributed by atoms with Gasteiger partial charge in [0.25, 0.3) is 0 Å². The van der Waals surface area contributed by atoms with Gasteiger partial charge in [0.1, 0.15) is 5.69 Å². The van der Waals surface area contributed by atoms with Crippen LogP contribution in [-0.4, -0.2) is 36.1 Å². The number of anilines is 1. The number of hydrogen-bond acceptors (Lipinski definition) is 5. The summed E-state index contributed by atoms with van der Waals surface area (Å²) in [5, 5.41) is 10.6. The quantitative estimate of drug-likeness (QED) is 0.863. The second kappa shape index (κ2) is 5.68. The maximum atomic E-state index is 13.7. The number of carbonyl (C=O) groups is 1. The summed E-state index contributed by atoms with van der Waals surface area (Å²) in [5.41, 5.74) is 0.573. The first-order valence-electron chi connectivity index (χ1n) is 6.07. The Labute approximate surface area is 116 Å². The van der Waals surface area contributed by atoms with Crippen LogP contribution in [0.1, 0.15) is 6.92 Å². The molecule has 20 heavy (non-hydrogen) atoms. The van der Waals surface area contributed by atoms with Crippen LogP contribution in [0.3, 0.4) is 0 Å². The van der Waals surface area contributed by atoms with Crippen molar-refractivity contribution in [2.45, 2.75) is 13.2 Å². The molecule has 0 aliphatic carbocycles. The Morgan fingerprint density at radius 2 is 1.95 bits per heavy atom. The molecule has 0 saturated carbocycles. The van der Waals surface area contributed by atoms with Crippen molar-refractivity contribution < 1.29 is 9.18 Å². The lowest BCUT2D eigenvalue weighted by molar-refractivity contribution is -0.114. The molecule has 6 nitrogen and oxygen atoms in total. The molecule has 0 fully saturated rings. The Hall–Kier alpha value is -2.44. The fourth-order valence-electron chi connectivity index (χ4n) is 1.80. The van der Waals surface area contributed by atoms with E-state index in [9.17, 15) is 9.18 Å². The van der Waals surface area contributed by atoms with Gasteiger partial charge in [0.05, 0.1) is 0 Å². The molecule has 0 unspecified atom stereocenters. The van der Waals surface area contributed by atoms with E-state index in [4.69, 9.17) is 0 Å². The number of nitrogens with one attached hydrogen (secondary N) is 1. The van der Waals surface area contributed by atoms with Crippen molar-refractivity contribution in [3.05, 3.63) is 36.4 Å². The topological polar surface area (TPSA) is 60.3 Å². The number of benzene rings is 1. The number of amides is 1. The third-order valence-corrected chi connectivity index (χ3v) is 2.80. The van der Waals surface area contributed by atoms with Gasteiger partial charge in [0.2, 0.25) is 12.2 Å². The van der Waals surface area contributed by atoms with Crippen LogP contribution in [-0.2, 0) is 4.79 Å². The molecular weight excluding hydrogens is 261 g/mol. The van der Waals surface area contributed by atoms with E-state index < -0.39 is 5.82 Å². The monoisotopic (exact) mass is 277 g/mol. The predicted molar refractivity (Wildman–Crippen MR) is 73.7 cm³/mol. The molecule has 1 aromatic rings.